The van der Waals surface area contributed by atoms with Gasteiger partial charge in [-0.15, -0.1) is 0 Å². The Morgan fingerprint density at radius 2 is 1.89 bits per heavy atom. The molecule has 0 aromatic heterocycles. The first-order valence-electron chi connectivity index (χ1n) is 7.63. The molecule has 19 heavy (non-hydrogen) atoms. The Bertz CT molecular complexity index is 242. The molecule has 0 aromatic carbocycles. The van der Waals surface area contributed by atoms with E-state index in [0.29, 0.717) is 31.8 Å². The second kappa shape index (κ2) is 10.2. The molecule has 2 unspecified atom stereocenters. The second-order valence-electron chi connectivity index (χ2n) is 5.17. The Balaban J connectivity index is 1.75. The smallest absolute Gasteiger partial charge is 0.305 e. The lowest BCUT2D eigenvalue weighted by atomic mass is 10.2. The van der Waals surface area contributed by atoms with Gasteiger partial charge in [0.1, 0.15) is 6.61 Å². The molecular weight excluding hydrogens is 244 g/mol. The molecule has 4 nitrogen and oxygen atoms in total. The van der Waals surface area contributed by atoms with E-state index in [9.17, 15) is 4.79 Å². The maximum atomic E-state index is 11.3. The number of esters is 1. The lowest BCUT2D eigenvalue weighted by Crippen LogP contribution is -2.11. The fraction of sp³-hybridized carbons (Fsp3) is 0.933. The molecule has 2 atom stereocenters. The van der Waals surface area contributed by atoms with Gasteiger partial charge in [-0.3, -0.25) is 4.79 Å². The number of unbranched alkanes of at least 4 members (excludes halogenated alkanes) is 3. The summed E-state index contributed by atoms with van der Waals surface area (Å²) in [5.74, 6) is -0.0973. The van der Waals surface area contributed by atoms with Crippen LogP contribution in [0.4, 0.5) is 0 Å². The molecule has 0 aliphatic carbocycles. The summed E-state index contributed by atoms with van der Waals surface area (Å²) in [6, 6.07) is 0. The number of hydrogen-bond donors (Lipinski definition) is 0. The Labute approximate surface area is 116 Å². The van der Waals surface area contributed by atoms with Crippen LogP contribution in [-0.2, 0) is 19.0 Å². The third kappa shape index (κ3) is 9.00. The van der Waals surface area contributed by atoms with E-state index in [-0.39, 0.29) is 5.97 Å². The van der Waals surface area contributed by atoms with E-state index in [4.69, 9.17) is 14.2 Å². The summed E-state index contributed by atoms with van der Waals surface area (Å²) in [6.45, 7) is 5.85. The minimum Gasteiger partial charge on any atom is -0.463 e. The highest BCUT2D eigenvalue weighted by atomic mass is 16.6. The molecule has 0 spiro atoms. The van der Waals surface area contributed by atoms with Crippen LogP contribution in [0.5, 0.6) is 0 Å². The molecule has 1 saturated heterocycles. The molecule has 0 bridgehead atoms. The monoisotopic (exact) mass is 272 g/mol. The molecule has 1 aliphatic heterocycles. The van der Waals surface area contributed by atoms with Gasteiger partial charge in [-0.2, -0.15) is 0 Å². The molecule has 1 aliphatic rings. The molecule has 0 saturated carbocycles. The van der Waals surface area contributed by atoms with Crippen molar-refractivity contribution < 1.29 is 19.0 Å². The van der Waals surface area contributed by atoms with Crippen LogP contribution in [0, 0.1) is 0 Å². The largest absolute Gasteiger partial charge is 0.463 e. The average Bonchev–Trinajstić information content (AvgIpc) is 3.09. The van der Waals surface area contributed by atoms with Crippen LogP contribution in [0.3, 0.4) is 0 Å². The first kappa shape index (κ1) is 16.4. The van der Waals surface area contributed by atoms with Crippen LogP contribution in [0.1, 0.15) is 58.8 Å². The lowest BCUT2D eigenvalue weighted by molar-refractivity contribution is -0.145. The maximum Gasteiger partial charge on any atom is 0.305 e. The first-order valence-corrected chi connectivity index (χ1v) is 7.63. The zero-order chi connectivity index (χ0) is 13.9. The van der Waals surface area contributed by atoms with Gasteiger partial charge in [0.15, 0.2) is 0 Å². The molecule has 112 valence electrons. The van der Waals surface area contributed by atoms with E-state index < -0.39 is 0 Å². The number of rotatable bonds is 12. The molecule has 1 fully saturated rings. The summed E-state index contributed by atoms with van der Waals surface area (Å²) in [7, 11) is 0. The molecule has 4 heteroatoms. The predicted molar refractivity (Wildman–Crippen MR) is 74.1 cm³/mol. The van der Waals surface area contributed by atoms with E-state index in [1.54, 1.807) is 0 Å². The number of ether oxygens (including phenoxy) is 3. The van der Waals surface area contributed by atoms with Crippen molar-refractivity contribution in [3.8, 4) is 0 Å². The summed E-state index contributed by atoms with van der Waals surface area (Å²) in [5, 5.41) is 0. The number of carbonyl (C=O) groups is 1. The minimum absolute atomic E-state index is 0.0973. The Hall–Kier alpha value is -0.610. The van der Waals surface area contributed by atoms with Gasteiger partial charge in [0.2, 0.25) is 0 Å². The SMILES string of the molecule is CCCCCCC(=O)OCCOCCCC1OC1C. The summed E-state index contributed by atoms with van der Waals surface area (Å²) >= 11 is 0. The fourth-order valence-electron chi connectivity index (χ4n) is 2.00. The van der Waals surface area contributed by atoms with Crippen molar-refractivity contribution in [2.45, 2.75) is 71.0 Å². The van der Waals surface area contributed by atoms with Gasteiger partial charge < -0.3 is 14.2 Å². The Morgan fingerprint density at radius 3 is 2.58 bits per heavy atom. The van der Waals surface area contributed by atoms with Crippen molar-refractivity contribution in [3.63, 3.8) is 0 Å². The van der Waals surface area contributed by atoms with Crippen molar-refractivity contribution in [1.82, 2.24) is 0 Å². The molecule has 1 heterocycles. The summed E-state index contributed by atoms with van der Waals surface area (Å²) in [6.07, 6.45) is 7.94. The van der Waals surface area contributed by atoms with Crippen LogP contribution in [0.25, 0.3) is 0 Å². The predicted octanol–water partition coefficient (Wildman–Crippen LogP) is 3.08. The molecular formula is C15H28O4. The number of epoxide rings is 1. The summed E-state index contributed by atoms with van der Waals surface area (Å²) in [4.78, 5) is 11.3. The number of hydrogen-bond acceptors (Lipinski definition) is 4. The van der Waals surface area contributed by atoms with E-state index in [2.05, 4.69) is 13.8 Å². The van der Waals surface area contributed by atoms with Crippen LogP contribution >= 0.6 is 0 Å². The number of carbonyl (C=O) groups excluding carboxylic acids is 1. The Morgan fingerprint density at radius 1 is 1.11 bits per heavy atom. The van der Waals surface area contributed by atoms with Gasteiger partial charge in [-0.1, -0.05) is 26.2 Å². The van der Waals surface area contributed by atoms with Crippen molar-refractivity contribution in [3.05, 3.63) is 0 Å². The van der Waals surface area contributed by atoms with Gasteiger partial charge in [0.25, 0.3) is 0 Å². The van der Waals surface area contributed by atoms with Crippen LogP contribution in [0.15, 0.2) is 0 Å². The molecule has 0 radical (unpaired) electrons. The maximum absolute atomic E-state index is 11.3. The molecule has 1 rings (SSSR count). The highest BCUT2D eigenvalue weighted by Crippen LogP contribution is 2.25. The van der Waals surface area contributed by atoms with Crippen molar-refractivity contribution >= 4 is 5.97 Å². The Kier molecular flexibility index (Phi) is 8.84. The highest BCUT2D eigenvalue weighted by Gasteiger charge is 2.32. The molecule has 0 amide bonds. The van der Waals surface area contributed by atoms with Crippen LogP contribution in [0.2, 0.25) is 0 Å². The van der Waals surface area contributed by atoms with Gasteiger partial charge >= 0.3 is 5.97 Å². The average molecular weight is 272 g/mol. The van der Waals surface area contributed by atoms with Crippen molar-refractivity contribution in [2.24, 2.45) is 0 Å². The fourth-order valence-corrected chi connectivity index (χ4v) is 2.00. The van der Waals surface area contributed by atoms with Gasteiger partial charge in [0, 0.05) is 13.0 Å². The topological polar surface area (TPSA) is 48.1 Å². The quantitative estimate of drug-likeness (QED) is 0.311. The zero-order valence-corrected chi connectivity index (χ0v) is 12.4. The van der Waals surface area contributed by atoms with E-state index in [0.717, 1.165) is 32.3 Å². The highest BCUT2D eigenvalue weighted by molar-refractivity contribution is 5.69. The normalized spacial score (nSPS) is 21.4. The summed E-state index contributed by atoms with van der Waals surface area (Å²) in [5.41, 5.74) is 0. The van der Waals surface area contributed by atoms with Crippen molar-refractivity contribution in [1.29, 1.82) is 0 Å². The minimum atomic E-state index is -0.0973. The van der Waals surface area contributed by atoms with Crippen LogP contribution < -0.4 is 0 Å². The third-order valence-corrected chi connectivity index (χ3v) is 3.34. The third-order valence-electron chi connectivity index (χ3n) is 3.34. The molecule has 0 aromatic rings. The van der Waals surface area contributed by atoms with E-state index in [1.165, 1.54) is 12.8 Å². The molecule has 0 N–H and O–H groups in total. The van der Waals surface area contributed by atoms with Crippen LogP contribution in [-0.4, -0.2) is 38.0 Å². The standard InChI is InChI=1S/C15H28O4/c1-3-4-5-6-9-15(16)18-12-11-17-10-7-8-14-13(2)19-14/h13-14H,3-12H2,1-2H3. The van der Waals surface area contributed by atoms with Gasteiger partial charge in [-0.05, 0) is 26.2 Å². The summed E-state index contributed by atoms with van der Waals surface area (Å²) < 4.78 is 15.8. The van der Waals surface area contributed by atoms with Gasteiger partial charge in [0.05, 0.1) is 18.8 Å². The van der Waals surface area contributed by atoms with Gasteiger partial charge in [-0.25, -0.2) is 0 Å². The van der Waals surface area contributed by atoms with E-state index in [1.807, 2.05) is 0 Å². The first-order chi connectivity index (χ1) is 9.24. The lowest BCUT2D eigenvalue weighted by Gasteiger charge is -2.05. The zero-order valence-electron chi connectivity index (χ0n) is 12.4. The van der Waals surface area contributed by atoms with E-state index >= 15 is 0 Å². The second-order valence-corrected chi connectivity index (χ2v) is 5.17. The van der Waals surface area contributed by atoms with Crippen molar-refractivity contribution in [2.75, 3.05) is 19.8 Å².